The number of benzene rings is 2. The van der Waals surface area contributed by atoms with E-state index >= 15 is 0 Å². The first-order valence-corrected chi connectivity index (χ1v) is 9.71. The summed E-state index contributed by atoms with van der Waals surface area (Å²) in [5, 5.41) is 7.10. The van der Waals surface area contributed by atoms with E-state index in [1.807, 2.05) is 48.9 Å². The average molecular weight is 409 g/mol. The van der Waals surface area contributed by atoms with Crippen molar-refractivity contribution in [2.24, 2.45) is 0 Å². The summed E-state index contributed by atoms with van der Waals surface area (Å²) in [6.45, 7) is 5.35. The number of anilines is 1. The van der Waals surface area contributed by atoms with E-state index < -0.39 is 23.8 Å². The minimum absolute atomic E-state index is 0.125. The molecule has 0 radical (unpaired) electrons. The molecule has 6 nitrogen and oxygen atoms in total. The van der Waals surface area contributed by atoms with Gasteiger partial charge in [-0.15, -0.1) is 0 Å². The van der Waals surface area contributed by atoms with E-state index in [-0.39, 0.29) is 6.42 Å². The van der Waals surface area contributed by atoms with Crippen LogP contribution in [-0.4, -0.2) is 27.8 Å². The van der Waals surface area contributed by atoms with Gasteiger partial charge in [0.2, 0.25) is 0 Å². The molecule has 0 fully saturated rings. The quantitative estimate of drug-likeness (QED) is 0.596. The van der Waals surface area contributed by atoms with Gasteiger partial charge in [-0.05, 0) is 63.1 Å². The number of halogens is 1. The standard InChI is InChI=1S/C23H24FN3O3/c1-15-21(16(2)27(26-15)20-10-5-4-6-11-20)12-13-22(28)30-17(3)23(29)25-19-9-7-8-18(24)14-19/h4-11,14,17H,12-13H2,1-3H3,(H,25,29)/t17-/m1/s1. The van der Waals surface area contributed by atoms with Crippen molar-refractivity contribution >= 4 is 17.6 Å². The lowest BCUT2D eigenvalue weighted by Gasteiger charge is -2.13. The monoisotopic (exact) mass is 409 g/mol. The molecule has 3 rings (SSSR count). The molecule has 1 N–H and O–H groups in total. The Balaban J connectivity index is 1.57. The molecule has 1 amide bonds. The van der Waals surface area contributed by atoms with Crippen molar-refractivity contribution in [1.29, 1.82) is 0 Å². The Morgan fingerprint density at radius 3 is 2.57 bits per heavy atom. The first-order valence-electron chi connectivity index (χ1n) is 9.71. The molecule has 1 heterocycles. The number of ether oxygens (including phenoxy) is 1. The van der Waals surface area contributed by atoms with Crippen LogP contribution < -0.4 is 5.32 Å². The fraction of sp³-hybridized carbons (Fsp3) is 0.261. The van der Waals surface area contributed by atoms with E-state index in [0.717, 1.165) is 22.6 Å². The lowest BCUT2D eigenvalue weighted by atomic mass is 10.1. The summed E-state index contributed by atoms with van der Waals surface area (Å²) in [4.78, 5) is 24.4. The van der Waals surface area contributed by atoms with Crippen LogP contribution in [0, 0.1) is 19.7 Å². The minimum Gasteiger partial charge on any atom is -0.453 e. The molecular formula is C23H24FN3O3. The van der Waals surface area contributed by atoms with Crippen LogP contribution in [0.5, 0.6) is 0 Å². The molecule has 0 spiro atoms. The Kier molecular flexibility index (Phi) is 6.61. The summed E-state index contributed by atoms with van der Waals surface area (Å²) < 4.78 is 20.3. The number of amides is 1. The first-order chi connectivity index (χ1) is 14.3. The number of carbonyl (C=O) groups excluding carboxylic acids is 2. The van der Waals surface area contributed by atoms with Crippen LogP contribution in [0.25, 0.3) is 5.69 Å². The zero-order valence-corrected chi connectivity index (χ0v) is 17.2. The highest BCUT2D eigenvalue weighted by molar-refractivity contribution is 5.95. The maximum atomic E-state index is 13.2. The molecule has 3 aromatic rings. The molecular weight excluding hydrogens is 385 g/mol. The van der Waals surface area contributed by atoms with Crippen molar-refractivity contribution in [2.45, 2.75) is 39.7 Å². The van der Waals surface area contributed by atoms with Crippen molar-refractivity contribution in [3.8, 4) is 5.69 Å². The van der Waals surface area contributed by atoms with Gasteiger partial charge in [0.15, 0.2) is 6.10 Å². The van der Waals surface area contributed by atoms with Gasteiger partial charge in [-0.2, -0.15) is 5.10 Å². The fourth-order valence-corrected chi connectivity index (χ4v) is 3.20. The number of aryl methyl sites for hydroxylation is 1. The van der Waals surface area contributed by atoms with Gasteiger partial charge in [-0.25, -0.2) is 9.07 Å². The maximum absolute atomic E-state index is 13.2. The number of hydrogen-bond donors (Lipinski definition) is 1. The van der Waals surface area contributed by atoms with E-state index in [9.17, 15) is 14.0 Å². The third kappa shape index (κ3) is 5.11. The van der Waals surface area contributed by atoms with Gasteiger partial charge in [0.25, 0.3) is 5.91 Å². The van der Waals surface area contributed by atoms with Gasteiger partial charge in [-0.1, -0.05) is 24.3 Å². The van der Waals surface area contributed by atoms with Crippen LogP contribution in [0.3, 0.4) is 0 Å². The molecule has 1 aromatic heterocycles. The molecule has 156 valence electrons. The number of hydrogen-bond acceptors (Lipinski definition) is 4. The number of esters is 1. The number of carbonyl (C=O) groups is 2. The average Bonchev–Trinajstić information content (AvgIpc) is 3.00. The van der Waals surface area contributed by atoms with Gasteiger partial charge >= 0.3 is 5.97 Å². The summed E-state index contributed by atoms with van der Waals surface area (Å²) in [5.41, 5.74) is 4.05. The fourth-order valence-electron chi connectivity index (χ4n) is 3.20. The summed E-state index contributed by atoms with van der Waals surface area (Å²) in [5.74, 6) is -1.46. The van der Waals surface area contributed by atoms with E-state index in [4.69, 9.17) is 4.74 Å². The summed E-state index contributed by atoms with van der Waals surface area (Å²) in [6, 6.07) is 15.3. The Labute approximate surface area is 174 Å². The minimum atomic E-state index is -0.991. The zero-order valence-electron chi connectivity index (χ0n) is 17.2. The number of para-hydroxylation sites is 1. The zero-order chi connectivity index (χ0) is 21.7. The number of nitrogens with zero attached hydrogens (tertiary/aromatic N) is 2. The number of nitrogens with one attached hydrogen (secondary N) is 1. The van der Waals surface area contributed by atoms with Crippen LogP contribution in [-0.2, 0) is 20.7 Å². The van der Waals surface area contributed by atoms with Gasteiger partial charge in [0, 0.05) is 17.8 Å². The Bertz CT molecular complexity index is 1050. The van der Waals surface area contributed by atoms with E-state index in [2.05, 4.69) is 10.4 Å². The number of rotatable bonds is 7. The molecule has 0 bridgehead atoms. The van der Waals surface area contributed by atoms with Crippen LogP contribution >= 0.6 is 0 Å². The van der Waals surface area contributed by atoms with Gasteiger partial charge in [0.05, 0.1) is 11.4 Å². The Morgan fingerprint density at radius 1 is 1.13 bits per heavy atom. The number of aromatic nitrogens is 2. The molecule has 0 aliphatic carbocycles. The lowest BCUT2D eigenvalue weighted by Crippen LogP contribution is -2.30. The van der Waals surface area contributed by atoms with Crippen molar-refractivity contribution in [2.75, 3.05) is 5.32 Å². The van der Waals surface area contributed by atoms with Crippen LogP contribution in [0.4, 0.5) is 10.1 Å². The van der Waals surface area contributed by atoms with Gasteiger partial charge in [0.1, 0.15) is 5.82 Å². The summed E-state index contributed by atoms with van der Waals surface area (Å²) in [6.07, 6.45) is -0.406. The van der Waals surface area contributed by atoms with Crippen LogP contribution in [0.15, 0.2) is 54.6 Å². The second-order valence-corrected chi connectivity index (χ2v) is 7.03. The predicted molar refractivity (Wildman–Crippen MR) is 112 cm³/mol. The SMILES string of the molecule is Cc1nn(-c2ccccc2)c(C)c1CCC(=O)O[C@H](C)C(=O)Nc1cccc(F)c1. The topological polar surface area (TPSA) is 73.2 Å². The normalized spacial score (nSPS) is 11.7. The molecule has 7 heteroatoms. The maximum Gasteiger partial charge on any atom is 0.306 e. The van der Waals surface area contributed by atoms with Gasteiger partial charge < -0.3 is 10.1 Å². The van der Waals surface area contributed by atoms with Crippen molar-refractivity contribution < 1.29 is 18.7 Å². The first kappa shape index (κ1) is 21.2. The summed E-state index contributed by atoms with van der Waals surface area (Å²) in [7, 11) is 0. The Morgan fingerprint density at radius 2 is 1.87 bits per heavy atom. The van der Waals surface area contributed by atoms with E-state index in [1.54, 1.807) is 6.07 Å². The Hall–Kier alpha value is -3.48. The highest BCUT2D eigenvalue weighted by Crippen LogP contribution is 2.19. The highest BCUT2D eigenvalue weighted by atomic mass is 19.1. The molecule has 0 aliphatic heterocycles. The predicted octanol–water partition coefficient (Wildman–Crippen LogP) is 4.13. The largest absolute Gasteiger partial charge is 0.453 e. The molecule has 30 heavy (non-hydrogen) atoms. The van der Waals surface area contributed by atoms with Crippen LogP contribution in [0.2, 0.25) is 0 Å². The van der Waals surface area contributed by atoms with E-state index in [1.165, 1.54) is 25.1 Å². The second-order valence-electron chi connectivity index (χ2n) is 7.03. The van der Waals surface area contributed by atoms with E-state index in [0.29, 0.717) is 12.1 Å². The molecule has 0 saturated carbocycles. The summed E-state index contributed by atoms with van der Waals surface area (Å²) >= 11 is 0. The molecule has 0 unspecified atom stereocenters. The molecule has 0 aliphatic rings. The van der Waals surface area contributed by atoms with Crippen molar-refractivity contribution in [1.82, 2.24) is 9.78 Å². The van der Waals surface area contributed by atoms with Crippen molar-refractivity contribution in [3.05, 3.63) is 77.4 Å². The molecule has 2 aromatic carbocycles. The van der Waals surface area contributed by atoms with Crippen LogP contribution in [0.1, 0.15) is 30.3 Å². The van der Waals surface area contributed by atoms with Gasteiger partial charge in [-0.3, -0.25) is 9.59 Å². The molecule has 1 atom stereocenters. The highest BCUT2D eigenvalue weighted by Gasteiger charge is 2.20. The van der Waals surface area contributed by atoms with Crippen molar-refractivity contribution in [3.63, 3.8) is 0 Å². The third-order valence-corrected chi connectivity index (χ3v) is 4.79. The smallest absolute Gasteiger partial charge is 0.306 e. The second kappa shape index (κ2) is 9.35. The third-order valence-electron chi connectivity index (χ3n) is 4.79. The lowest BCUT2D eigenvalue weighted by molar-refractivity contribution is -0.153. The molecule has 0 saturated heterocycles.